The van der Waals surface area contributed by atoms with Gasteiger partial charge < -0.3 is 10.2 Å². The summed E-state index contributed by atoms with van der Waals surface area (Å²) < 4.78 is 0. The highest BCUT2D eigenvalue weighted by atomic mass is 35.5. The number of hydrogen-bond donors (Lipinski definition) is 2. The van der Waals surface area contributed by atoms with Crippen molar-refractivity contribution >= 4 is 11.6 Å². The van der Waals surface area contributed by atoms with Crippen LogP contribution in [0.15, 0.2) is 18.2 Å². The summed E-state index contributed by atoms with van der Waals surface area (Å²) in [6.45, 7) is 2.24. The minimum atomic E-state index is -0.131. The van der Waals surface area contributed by atoms with Crippen LogP contribution in [0.5, 0.6) is 5.75 Å². The Morgan fingerprint density at radius 3 is 2.79 bits per heavy atom. The van der Waals surface area contributed by atoms with Crippen molar-refractivity contribution in [1.29, 1.82) is 0 Å². The van der Waals surface area contributed by atoms with Crippen LogP contribution in [0, 0.1) is 11.3 Å². The van der Waals surface area contributed by atoms with Gasteiger partial charge in [0, 0.05) is 5.02 Å². The molecule has 0 aromatic heterocycles. The van der Waals surface area contributed by atoms with Gasteiger partial charge in [0.25, 0.3) is 0 Å². The van der Waals surface area contributed by atoms with E-state index in [1.54, 1.807) is 12.1 Å². The normalized spacial score (nSPS) is 38.2. The van der Waals surface area contributed by atoms with Gasteiger partial charge in [-0.3, -0.25) is 0 Å². The maximum absolute atomic E-state index is 10.2. The van der Waals surface area contributed by atoms with Gasteiger partial charge in [0.05, 0.1) is 6.10 Å². The minimum Gasteiger partial charge on any atom is -0.508 e. The molecule has 2 nitrogen and oxygen atoms in total. The maximum Gasteiger partial charge on any atom is 0.117 e. The van der Waals surface area contributed by atoms with Gasteiger partial charge in [-0.25, -0.2) is 0 Å². The van der Waals surface area contributed by atoms with Crippen molar-refractivity contribution in [2.24, 2.45) is 11.3 Å². The molecule has 0 radical (unpaired) electrons. The van der Waals surface area contributed by atoms with Crippen molar-refractivity contribution in [2.45, 2.75) is 51.0 Å². The SMILES string of the molecule is C[C@]12CC[C@H](c3ccc(O)cc3Cl)C[C@@H]1CC[C@@H]2O. The largest absolute Gasteiger partial charge is 0.508 e. The molecule has 3 heteroatoms. The van der Waals surface area contributed by atoms with E-state index in [-0.39, 0.29) is 17.3 Å². The Morgan fingerprint density at radius 1 is 1.26 bits per heavy atom. The van der Waals surface area contributed by atoms with E-state index in [4.69, 9.17) is 11.6 Å². The Balaban J connectivity index is 1.82. The third-order valence-electron chi connectivity index (χ3n) is 5.51. The van der Waals surface area contributed by atoms with Crippen LogP contribution in [0.2, 0.25) is 5.02 Å². The molecule has 2 N–H and O–H groups in total. The lowest BCUT2D eigenvalue weighted by atomic mass is 9.64. The molecule has 1 aromatic rings. The highest BCUT2D eigenvalue weighted by molar-refractivity contribution is 6.31. The average Bonchev–Trinajstić information content (AvgIpc) is 2.66. The fraction of sp³-hybridized carbons (Fsp3) is 0.625. The van der Waals surface area contributed by atoms with Gasteiger partial charge in [0.15, 0.2) is 0 Å². The number of aromatic hydroxyl groups is 1. The Labute approximate surface area is 119 Å². The molecule has 104 valence electrons. The Morgan fingerprint density at radius 2 is 2.05 bits per heavy atom. The first kappa shape index (κ1) is 13.3. The molecule has 4 atom stereocenters. The van der Waals surface area contributed by atoms with Gasteiger partial charge in [0.2, 0.25) is 0 Å². The van der Waals surface area contributed by atoms with E-state index in [9.17, 15) is 10.2 Å². The van der Waals surface area contributed by atoms with Gasteiger partial charge >= 0.3 is 0 Å². The summed E-state index contributed by atoms with van der Waals surface area (Å²) in [5.41, 5.74) is 1.27. The van der Waals surface area contributed by atoms with Gasteiger partial charge in [-0.05, 0) is 67.1 Å². The zero-order chi connectivity index (χ0) is 13.6. The van der Waals surface area contributed by atoms with Crippen molar-refractivity contribution in [3.8, 4) is 5.75 Å². The number of aliphatic hydroxyl groups excluding tert-OH is 1. The van der Waals surface area contributed by atoms with Crippen LogP contribution in [-0.2, 0) is 0 Å². The summed E-state index contributed by atoms with van der Waals surface area (Å²) >= 11 is 6.26. The Bertz CT molecular complexity index is 488. The van der Waals surface area contributed by atoms with Crippen molar-refractivity contribution in [3.63, 3.8) is 0 Å². The summed E-state index contributed by atoms with van der Waals surface area (Å²) in [5, 5.41) is 20.3. The number of aliphatic hydroxyl groups is 1. The quantitative estimate of drug-likeness (QED) is 0.813. The van der Waals surface area contributed by atoms with E-state index in [1.165, 1.54) is 0 Å². The number of hydrogen-bond acceptors (Lipinski definition) is 2. The molecule has 0 spiro atoms. The molecule has 2 saturated carbocycles. The summed E-state index contributed by atoms with van der Waals surface area (Å²) in [6.07, 6.45) is 5.20. The predicted molar refractivity (Wildman–Crippen MR) is 76.5 cm³/mol. The second-order valence-electron chi connectivity index (χ2n) is 6.47. The number of benzene rings is 1. The molecule has 2 aliphatic rings. The van der Waals surface area contributed by atoms with Crippen LogP contribution < -0.4 is 0 Å². The molecule has 0 heterocycles. The summed E-state index contributed by atoms with van der Waals surface area (Å²) in [5.74, 6) is 1.30. The van der Waals surface area contributed by atoms with Gasteiger partial charge in [-0.1, -0.05) is 24.6 Å². The third kappa shape index (κ3) is 2.15. The standard InChI is InChI=1S/C16H21ClO2/c1-16-7-6-10(8-11(16)2-5-15(16)19)13-4-3-12(18)9-14(13)17/h3-4,9-11,15,18-19H,2,5-8H2,1H3/t10-,11-,15-,16-/m0/s1. The Kier molecular flexibility index (Phi) is 3.26. The molecule has 3 rings (SSSR count). The Hall–Kier alpha value is -0.730. The monoisotopic (exact) mass is 280 g/mol. The lowest BCUT2D eigenvalue weighted by Gasteiger charge is -2.42. The number of phenolic OH excluding ortho intramolecular Hbond substituents is 1. The van der Waals surface area contributed by atoms with Crippen LogP contribution in [-0.4, -0.2) is 16.3 Å². The molecule has 0 saturated heterocycles. The molecule has 2 aliphatic carbocycles. The maximum atomic E-state index is 10.2. The molecular formula is C16H21ClO2. The van der Waals surface area contributed by atoms with E-state index < -0.39 is 0 Å². The predicted octanol–water partition coefficient (Wildman–Crippen LogP) is 4.09. The van der Waals surface area contributed by atoms with E-state index in [0.29, 0.717) is 16.9 Å². The highest BCUT2D eigenvalue weighted by Gasteiger charge is 2.49. The average molecular weight is 281 g/mol. The second-order valence-corrected chi connectivity index (χ2v) is 6.88. The smallest absolute Gasteiger partial charge is 0.117 e. The number of rotatable bonds is 1. The van der Waals surface area contributed by atoms with Crippen molar-refractivity contribution in [2.75, 3.05) is 0 Å². The first-order chi connectivity index (χ1) is 9.00. The van der Waals surface area contributed by atoms with Crippen LogP contribution in [0.3, 0.4) is 0 Å². The van der Waals surface area contributed by atoms with Crippen molar-refractivity contribution in [1.82, 2.24) is 0 Å². The highest BCUT2D eigenvalue weighted by Crippen LogP contribution is 2.56. The van der Waals surface area contributed by atoms with Crippen LogP contribution in [0.25, 0.3) is 0 Å². The summed E-state index contributed by atoms with van der Waals surface area (Å²) in [7, 11) is 0. The summed E-state index contributed by atoms with van der Waals surface area (Å²) in [6, 6.07) is 5.31. The fourth-order valence-electron chi connectivity index (χ4n) is 4.12. The molecule has 19 heavy (non-hydrogen) atoms. The van der Waals surface area contributed by atoms with Gasteiger partial charge in [-0.15, -0.1) is 0 Å². The first-order valence-electron chi connectivity index (χ1n) is 7.17. The van der Waals surface area contributed by atoms with E-state index >= 15 is 0 Å². The van der Waals surface area contributed by atoms with Crippen molar-refractivity contribution < 1.29 is 10.2 Å². The lowest BCUT2D eigenvalue weighted by molar-refractivity contribution is 0.00872. The molecule has 0 amide bonds. The van der Waals surface area contributed by atoms with Crippen LogP contribution in [0.1, 0.15) is 50.5 Å². The molecule has 1 aromatic carbocycles. The zero-order valence-electron chi connectivity index (χ0n) is 11.3. The third-order valence-corrected chi connectivity index (χ3v) is 5.83. The zero-order valence-corrected chi connectivity index (χ0v) is 12.0. The topological polar surface area (TPSA) is 40.5 Å². The van der Waals surface area contributed by atoms with Gasteiger partial charge in [0.1, 0.15) is 5.75 Å². The van der Waals surface area contributed by atoms with E-state index in [0.717, 1.165) is 37.7 Å². The fourth-order valence-corrected chi connectivity index (χ4v) is 4.45. The summed E-state index contributed by atoms with van der Waals surface area (Å²) in [4.78, 5) is 0. The number of fused-ring (bicyclic) bond motifs is 1. The molecule has 0 aliphatic heterocycles. The first-order valence-corrected chi connectivity index (χ1v) is 7.55. The molecule has 2 fully saturated rings. The van der Waals surface area contributed by atoms with E-state index in [2.05, 4.69) is 6.92 Å². The van der Waals surface area contributed by atoms with Crippen LogP contribution in [0.4, 0.5) is 0 Å². The van der Waals surface area contributed by atoms with E-state index in [1.807, 2.05) is 6.07 Å². The minimum absolute atomic E-state index is 0.111. The molecular weight excluding hydrogens is 260 g/mol. The second kappa shape index (κ2) is 4.68. The lowest BCUT2D eigenvalue weighted by Crippen LogP contribution is -2.37. The molecule has 0 unspecified atom stereocenters. The van der Waals surface area contributed by atoms with Crippen molar-refractivity contribution in [3.05, 3.63) is 28.8 Å². The number of phenols is 1. The molecule has 0 bridgehead atoms. The van der Waals surface area contributed by atoms with Crippen LogP contribution >= 0.6 is 11.6 Å². The number of halogens is 1. The van der Waals surface area contributed by atoms with Gasteiger partial charge in [-0.2, -0.15) is 0 Å².